The Balaban J connectivity index is 2.13. The molecular weight excluding hydrogens is 260 g/mol. The van der Waals surface area contributed by atoms with E-state index in [1.807, 2.05) is 0 Å². The second-order valence-electron chi connectivity index (χ2n) is 3.43. The zero-order valence-electron chi connectivity index (χ0n) is 8.99. The molecule has 0 fully saturated rings. The molecule has 18 heavy (non-hydrogen) atoms. The van der Waals surface area contributed by atoms with Gasteiger partial charge in [-0.3, -0.25) is 4.79 Å². The van der Waals surface area contributed by atoms with E-state index in [1.54, 1.807) is 18.2 Å². The molecule has 0 atom stereocenters. The van der Waals surface area contributed by atoms with Gasteiger partial charge in [0, 0.05) is 15.7 Å². The molecule has 0 aliphatic carbocycles. The van der Waals surface area contributed by atoms with Crippen molar-refractivity contribution < 1.29 is 9.72 Å². The first-order valence-corrected chi connectivity index (χ1v) is 5.26. The van der Waals surface area contributed by atoms with Crippen LogP contribution in [-0.4, -0.2) is 25.5 Å². The van der Waals surface area contributed by atoms with Crippen molar-refractivity contribution in [2.24, 2.45) is 0 Å². The van der Waals surface area contributed by atoms with E-state index >= 15 is 0 Å². The van der Waals surface area contributed by atoms with Gasteiger partial charge in [0.1, 0.15) is 6.54 Å². The lowest BCUT2D eigenvalue weighted by Crippen LogP contribution is -2.11. The number of hydrogen-bond acceptors (Lipinski definition) is 5. The second-order valence-corrected chi connectivity index (χ2v) is 3.87. The van der Waals surface area contributed by atoms with E-state index in [-0.39, 0.29) is 12.3 Å². The van der Waals surface area contributed by atoms with Crippen LogP contribution in [0.15, 0.2) is 30.6 Å². The third-order valence-corrected chi connectivity index (χ3v) is 2.37. The third kappa shape index (κ3) is 2.69. The van der Waals surface area contributed by atoms with Gasteiger partial charge in [0.25, 0.3) is 0 Å². The van der Waals surface area contributed by atoms with Gasteiger partial charge in [0.15, 0.2) is 5.78 Å². The molecule has 1 heterocycles. The Bertz CT molecular complexity index is 611. The van der Waals surface area contributed by atoms with Crippen molar-refractivity contribution in [1.29, 1.82) is 0 Å². The zero-order valence-corrected chi connectivity index (χ0v) is 9.74. The Morgan fingerprint density at radius 1 is 1.50 bits per heavy atom. The van der Waals surface area contributed by atoms with E-state index in [0.29, 0.717) is 10.6 Å². The van der Waals surface area contributed by atoms with Crippen LogP contribution in [0.3, 0.4) is 0 Å². The number of ketones is 1. The van der Waals surface area contributed by atoms with Gasteiger partial charge in [-0.2, -0.15) is 4.68 Å². The van der Waals surface area contributed by atoms with Crippen molar-refractivity contribution in [2.45, 2.75) is 6.54 Å². The minimum atomic E-state index is -0.722. The van der Waals surface area contributed by atoms with Crippen LogP contribution in [0.4, 0.5) is 5.95 Å². The van der Waals surface area contributed by atoms with Gasteiger partial charge >= 0.3 is 5.95 Å². The molecule has 92 valence electrons. The highest BCUT2D eigenvalue weighted by Gasteiger charge is 2.16. The predicted molar refractivity (Wildman–Crippen MR) is 62.5 cm³/mol. The zero-order chi connectivity index (χ0) is 13.1. The van der Waals surface area contributed by atoms with Crippen LogP contribution < -0.4 is 0 Å². The van der Waals surface area contributed by atoms with Gasteiger partial charge in [-0.15, -0.1) is 0 Å². The summed E-state index contributed by atoms with van der Waals surface area (Å²) >= 11 is 5.76. The summed E-state index contributed by atoms with van der Waals surface area (Å²) in [7, 11) is 0. The molecule has 0 saturated heterocycles. The number of nitro groups is 1. The normalized spacial score (nSPS) is 10.3. The maximum Gasteiger partial charge on any atom is 0.490 e. The minimum Gasteiger partial charge on any atom is -0.390 e. The van der Waals surface area contributed by atoms with Crippen LogP contribution in [0.2, 0.25) is 5.02 Å². The van der Waals surface area contributed by atoms with E-state index in [4.69, 9.17) is 11.6 Å². The smallest absolute Gasteiger partial charge is 0.390 e. The number of Topliss-reactive ketones (excluding diaryl/α,β-unsaturated/α-hetero) is 1. The molecule has 0 unspecified atom stereocenters. The van der Waals surface area contributed by atoms with Gasteiger partial charge < -0.3 is 10.1 Å². The lowest BCUT2D eigenvalue weighted by atomic mass is 10.1. The minimum absolute atomic E-state index is 0.124. The topological polar surface area (TPSA) is 90.9 Å². The lowest BCUT2D eigenvalue weighted by Gasteiger charge is -1.99. The Labute approximate surface area is 106 Å². The molecular formula is C10H7ClN4O3. The van der Waals surface area contributed by atoms with Crippen LogP contribution in [0.1, 0.15) is 10.4 Å². The van der Waals surface area contributed by atoms with Crippen molar-refractivity contribution in [3.05, 3.63) is 51.3 Å². The van der Waals surface area contributed by atoms with Crippen molar-refractivity contribution in [3.8, 4) is 0 Å². The fraction of sp³-hybridized carbons (Fsp3) is 0.100. The number of rotatable bonds is 4. The Morgan fingerprint density at radius 3 is 2.89 bits per heavy atom. The van der Waals surface area contributed by atoms with Crippen LogP contribution in [-0.2, 0) is 6.54 Å². The van der Waals surface area contributed by atoms with Crippen LogP contribution in [0, 0.1) is 10.1 Å². The number of benzene rings is 1. The summed E-state index contributed by atoms with van der Waals surface area (Å²) in [5, 5.41) is 14.4. The average Bonchev–Trinajstić information content (AvgIpc) is 2.77. The van der Waals surface area contributed by atoms with E-state index in [0.717, 1.165) is 11.0 Å². The first-order chi connectivity index (χ1) is 8.56. The summed E-state index contributed by atoms with van der Waals surface area (Å²) < 4.78 is 1.11. The molecule has 0 bridgehead atoms. The molecule has 8 heteroatoms. The van der Waals surface area contributed by atoms with Gasteiger partial charge in [0.2, 0.25) is 6.33 Å². The van der Waals surface area contributed by atoms with E-state index < -0.39 is 10.9 Å². The summed E-state index contributed by atoms with van der Waals surface area (Å²) in [6.07, 6.45) is 1.14. The number of aromatic nitrogens is 3. The maximum absolute atomic E-state index is 11.8. The molecule has 0 aliphatic heterocycles. The van der Waals surface area contributed by atoms with Gasteiger partial charge in [-0.1, -0.05) is 28.7 Å². The Morgan fingerprint density at radius 2 is 2.28 bits per heavy atom. The Hall–Kier alpha value is -2.28. The Kier molecular flexibility index (Phi) is 3.33. The van der Waals surface area contributed by atoms with Gasteiger partial charge in [-0.05, 0) is 17.1 Å². The molecule has 0 N–H and O–H groups in total. The maximum atomic E-state index is 11.8. The first-order valence-electron chi connectivity index (χ1n) is 4.89. The number of nitrogens with zero attached hydrogens (tertiary/aromatic N) is 4. The van der Waals surface area contributed by atoms with Crippen molar-refractivity contribution >= 4 is 23.3 Å². The number of carbonyl (C=O) groups is 1. The van der Waals surface area contributed by atoms with E-state index in [1.165, 1.54) is 6.07 Å². The van der Waals surface area contributed by atoms with Gasteiger partial charge in [0.05, 0.1) is 0 Å². The number of hydrogen-bond donors (Lipinski definition) is 0. The fourth-order valence-electron chi connectivity index (χ4n) is 1.34. The molecule has 2 rings (SSSR count). The molecule has 0 amide bonds. The van der Waals surface area contributed by atoms with Crippen molar-refractivity contribution in [2.75, 3.05) is 0 Å². The highest BCUT2D eigenvalue weighted by atomic mass is 35.5. The molecule has 0 saturated carbocycles. The first kappa shape index (κ1) is 12.2. The molecule has 0 aliphatic rings. The van der Waals surface area contributed by atoms with Gasteiger partial charge in [-0.25, -0.2) is 0 Å². The van der Waals surface area contributed by atoms with Crippen molar-refractivity contribution in [3.63, 3.8) is 0 Å². The lowest BCUT2D eigenvalue weighted by molar-refractivity contribution is -0.394. The second kappa shape index (κ2) is 4.92. The van der Waals surface area contributed by atoms with Crippen LogP contribution in [0.5, 0.6) is 0 Å². The molecule has 0 radical (unpaired) electrons. The molecule has 0 spiro atoms. The molecule has 1 aromatic carbocycles. The number of halogens is 1. The largest absolute Gasteiger partial charge is 0.490 e. The summed E-state index contributed by atoms with van der Waals surface area (Å²) in [5.41, 5.74) is 0.417. The summed E-state index contributed by atoms with van der Waals surface area (Å²) in [6.45, 7) is -0.124. The molecule has 1 aromatic heterocycles. The summed E-state index contributed by atoms with van der Waals surface area (Å²) in [5.74, 6) is -0.786. The summed E-state index contributed by atoms with van der Waals surface area (Å²) in [6, 6.07) is 6.44. The van der Waals surface area contributed by atoms with Crippen molar-refractivity contribution in [1.82, 2.24) is 14.8 Å². The van der Waals surface area contributed by atoms with E-state index in [2.05, 4.69) is 10.1 Å². The van der Waals surface area contributed by atoms with Crippen LogP contribution >= 0.6 is 11.6 Å². The number of carbonyl (C=O) groups excluding carboxylic acids is 1. The highest BCUT2D eigenvalue weighted by Crippen LogP contribution is 2.12. The monoisotopic (exact) mass is 266 g/mol. The van der Waals surface area contributed by atoms with E-state index in [9.17, 15) is 14.9 Å². The standard InChI is InChI=1S/C10H7ClN4O3/c11-8-3-1-2-7(4-8)9(16)5-14-6-12-10(13-14)15(17)18/h1-4,6H,5H2. The summed E-state index contributed by atoms with van der Waals surface area (Å²) in [4.78, 5) is 24.9. The third-order valence-electron chi connectivity index (χ3n) is 2.14. The molecule has 2 aromatic rings. The fourth-order valence-corrected chi connectivity index (χ4v) is 1.54. The predicted octanol–water partition coefficient (Wildman–Crippen LogP) is 1.72. The van der Waals surface area contributed by atoms with Crippen LogP contribution in [0.25, 0.3) is 0 Å². The SMILES string of the molecule is O=C(Cn1cnc([N+](=O)[O-])n1)c1cccc(Cl)c1. The highest BCUT2D eigenvalue weighted by molar-refractivity contribution is 6.31. The average molecular weight is 267 g/mol. The molecule has 7 nitrogen and oxygen atoms in total. The quantitative estimate of drug-likeness (QED) is 0.477.